The van der Waals surface area contributed by atoms with Gasteiger partial charge >= 0.3 is 5.97 Å². The standard InChI is InChI=1S/C12H13NO2/c1-3-10-4-6-11(7-5-10)13-9-8-12(14)15-2/h3-9,13H,1H2,2H3/b9-8-. The summed E-state index contributed by atoms with van der Waals surface area (Å²) in [4.78, 5) is 10.7. The second kappa shape index (κ2) is 5.65. The maximum absolute atomic E-state index is 10.7. The van der Waals surface area contributed by atoms with Gasteiger partial charge in [-0.2, -0.15) is 0 Å². The fourth-order valence-electron chi connectivity index (χ4n) is 0.989. The highest BCUT2D eigenvalue weighted by molar-refractivity contribution is 5.82. The summed E-state index contributed by atoms with van der Waals surface area (Å²) in [6.07, 6.45) is 4.63. The maximum Gasteiger partial charge on any atom is 0.331 e. The van der Waals surface area contributed by atoms with E-state index in [-0.39, 0.29) is 5.97 Å². The topological polar surface area (TPSA) is 38.3 Å². The Kier molecular flexibility index (Phi) is 4.16. The zero-order valence-electron chi connectivity index (χ0n) is 8.57. The van der Waals surface area contributed by atoms with Gasteiger partial charge in [0.2, 0.25) is 0 Å². The van der Waals surface area contributed by atoms with Crippen LogP contribution in [-0.2, 0) is 9.53 Å². The Bertz CT molecular complexity index is 366. The first-order valence-electron chi connectivity index (χ1n) is 4.50. The van der Waals surface area contributed by atoms with Crippen molar-refractivity contribution >= 4 is 17.7 Å². The molecule has 0 aliphatic rings. The molecule has 0 saturated heterocycles. The van der Waals surface area contributed by atoms with Crippen molar-refractivity contribution in [3.63, 3.8) is 0 Å². The molecule has 1 aromatic rings. The van der Waals surface area contributed by atoms with Crippen LogP contribution in [0.3, 0.4) is 0 Å². The summed E-state index contributed by atoms with van der Waals surface area (Å²) in [5.74, 6) is -0.384. The number of hydrogen-bond donors (Lipinski definition) is 1. The van der Waals surface area contributed by atoms with E-state index in [9.17, 15) is 4.79 Å². The number of carbonyl (C=O) groups excluding carboxylic acids is 1. The van der Waals surface area contributed by atoms with Crippen molar-refractivity contribution in [3.05, 3.63) is 48.7 Å². The molecule has 0 heterocycles. The maximum atomic E-state index is 10.7. The number of rotatable bonds is 4. The van der Waals surface area contributed by atoms with Gasteiger partial charge in [0.15, 0.2) is 0 Å². The van der Waals surface area contributed by atoms with Gasteiger partial charge in [-0.1, -0.05) is 24.8 Å². The van der Waals surface area contributed by atoms with Gasteiger partial charge in [0, 0.05) is 18.0 Å². The molecular formula is C12H13NO2. The Labute approximate surface area is 89.1 Å². The predicted molar refractivity (Wildman–Crippen MR) is 61.3 cm³/mol. The average molecular weight is 203 g/mol. The van der Waals surface area contributed by atoms with Gasteiger partial charge in [-0.15, -0.1) is 0 Å². The lowest BCUT2D eigenvalue weighted by Gasteiger charge is -2.00. The van der Waals surface area contributed by atoms with E-state index in [0.29, 0.717) is 0 Å². The van der Waals surface area contributed by atoms with Crippen LogP contribution in [0.2, 0.25) is 0 Å². The average Bonchev–Trinajstić information content (AvgIpc) is 2.29. The lowest BCUT2D eigenvalue weighted by molar-refractivity contribution is -0.134. The number of nitrogens with one attached hydrogen (secondary N) is 1. The molecule has 0 unspecified atom stereocenters. The molecule has 0 radical (unpaired) electrons. The van der Waals surface area contributed by atoms with Crippen molar-refractivity contribution in [1.29, 1.82) is 0 Å². The van der Waals surface area contributed by atoms with Crippen LogP contribution in [-0.4, -0.2) is 13.1 Å². The summed E-state index contributed by atoms with van der Waals surface area (Å²) >= 11 is 0. The fourth-order valence-corrected chi connectivity index (χ4v) is 0.989. The third-order valence-corrected chi connectivity index (χ3v) is 1.82. The quantitative estimate of drug-likeness (QED) is 0.603. The highest BCUT2D eigenvalue weighted by atomic mass is 16.5. The minimum absolute atomic E-state index is 0.384. The number of esters is 1. The van der Waals surface area contributed by atoms with Crippen LogP contribution in [0.15, 0.2) is 43.1 Å². The third kappa shape index (κ3) is 3.68. The summed E-state index contributed by atoms with van der Waals surface area (Å²) in [6, 6.07) is 7.67. The molecule has 3 heteroatoms. The molecule has 1 rings (SSSR count). The van der Waals surface area contributed by atoms with E-state index >= 15 is 0 Å². The molecule has 1 N–H and O–H groups in total. The molecule has 0 spiro atoms. The highest BCUT2D eigenvalue weighted by Gasteiger charge is 1.91. The van der Waals surface area contributed by atoms with Gasteiger partial charge < -0.3 is 10.1 Å². The number of ether oxygens (including phenoxy) is 1. The van der Waals surface area contributed by atoms with Crippen molar-refractivity contribution in [2.24, 2.45) is 0 Å². The second-order valence-corrected chi connectivity index (χ2v) is 2.83. The van der Waals surface area contributed by atoms with Crippen LogP contribution in [0.25, 0.3) is 6.08 Å². The molecule has 1 aromatic carbocycles. The molecule has 0 aliphatic heterocycles. The minimum Gasteiger partial charge on any atom is -0.466 e. The highest BCUT2D eigenvalue weighted by Crippen LogP contribution is 2.09. The molecule has 15 heavy (non-hydrogen) atoms. The predicted octanol–water partition coefficient (Wildman–Crippen LogP) is 2.43. The zero-order valence-corrected chi connectivity index (χ0v) is 8.57. The van der Waals surface area contributed by atoms with Crippen LogP contribution in [0.4, 0.5) is 5.69 Å². The van der Waals surface area contributed by atoms with Crippen LogP contribution in [0.1, 0.15) is 5.56 Å². The first-order chi connectivity index (χ1) is 7.26. The van der Waals surface area contributed by atoms with Crippen molar-refractivity contribution < 1.29 is 9.53 Å². The summed E-state index contributed by atoms with van der Waals surface area (Å²) in [5.41, 5.74) is 1.96. The van der Waals surface area contributed by atoms with E-state index in [1.165, 1.54) is 19.4 Å². The van der Waals surface area contributed by atoms with Gasteiger partial charge in [0.1, 0.15) is 0 Å². The first-order valence-corrected chi connectivity index (χ1v) is 4.50. The van der Waals surface area contributed by atoms with E-state index in [0.717, 1.165) is 11.3 Å². The summed E-state index contributed by atoms with van der Waals surface area (Å²) in [7, 11) is 1.34. The Hall–Kier alpha value is -2.03. The van der Waals surface area contributed by atoms with Gasteiger partial charge in [0.05, 0.1) is 7.11 Å². The first kappa shape index (κ1) is 11.0. The normalized spacial score (nSPS) is 9.93. The van der Waals surface area contributed by atoms with Crippen molar-refractivity contribution in [1.82, 2.24) is 0 Å². The fraction of sp³-hybridized carbons (Fsp3) is 0.0833. The Balaban J connectivity index is 2.54. The van der Waals surface area contributed by atoms with Gasteiger partial charge in [-0.25, -0.2) is 4.79 Å². The van der Waals surface area contributed by atoms with E-state index in [1.807, 2.05) is 24.3 Å². The SMILES string of the molecule is C=Cc1ccc(N/C=C\C(=O)OC)cc1. The van der Waals surface area contributed by atoms with Gasteiger partial charge in [-0.3, -0.25) is 0 Å². The lowest BCUT2D eigenvalue weighted by Crippen LogP contribution is -1.96. The van der Waals surface area contributed by atoms with Crippen LogP contribution >= 0.6 is 0 Å². The molecule has 0 aromatic heterocycles. The zero-order chi connectivity index (χ0) is 11.1. The summed E-state index contributed by atoms with van der Waals surface area (Å²) < 4.78 is 4.45. The number of carbonyl (C=O) groups is 1. The lowest BCUT2D eigenvalue weighted by atomic mass is 10.2. The number of hydrogen-bond acceptors (Lipinski definition) is 3. The Morgan fingerprint density at radius 3 is 2.60 bits per heavy atom. The molecular weight excluding hydrogens is 190 g/mol. The summed E-state index contributed by atoms with van der Waals surface area (Å²) in [6.45, 7) is 3.66. The molecule has 0 saturated carbocycles. The summed E-state index contributed by atoms with van der Waals surface area (Å²) in [5, 5.41) is 2.95. The van der Waals surface area contributed by atoms with Crippen molar-refractivity contribution in [2.45, 2.75) is 0 Å². The number of anilines is 1. The van der Waals surface area contributed by atoms with E-state index in [4.69, 9.17) is 0 Å². The minimum atomic E-state index is -0.384. The van der Waals surface area contributed by atoms with Crippen molar-refractivity contribution in [2.75, 3.05) is 12.4 Å². The second-order valence-electron chi connectivity index (χ2n) is 2.83. The van der Waals surface area contributed by atoms with Crippen LogP contribution < -0.4 is 5.32 Å². The van der Waals surface area contributed by atoms with Crippen molar-refractivity contribution in [3.8, 4) is 0 Å². The van der Waals surface area contributed by atoms with Crippen LogP contribution in [0.5, 0.6) is 0 Å². The molecule has 0 fully saturated rings. The largest absolute Gasteiger partial charge is 0.466 e. The van der Waals surface area contributed by atoms with Gasteiger partial charge in [-0.05, 0) is 17.7 Å². The third-order valence-electron chi connectivity index (χ3n) is 1.82. The molecule has 78 valence electrons. The van der Waals surface area contributed by atoms with E-state index in [2.05, 4.69) is 16.6 Å². The Morgan fingerprint density at radius 2 is 2.07 bits per heavy atom. The smallest absolute Gasteiger partial charge is 0.331 e. The Morgan fingerprint density at radius 1 is 1.40 bits per heavy atom. The monoisotopic (exact) mass is 203 g/mol. The van der Waals surface area contributed by atoms with Crippen LogP contribution in [0, 0.1) is 0 Å². The molecule has 0 bridgehead atoms. The number of methoxy groups -OCH3 is 1. The number of benzene rings is 1. The van der Waals surface area contributed by atoms with E-state index in [1.54, 1.807) is 6.08 Å². The molecule has 0 aliphatic carbocycles. The van der Waals surface area contributed by atoms with Gasteiger partial charge in [0.25, 0.3) is 0 Å². The molecule has 3 nitrogen and oxygen atoms in total. The molecule has 0 amide bonds. The van der Waals surface area contributed by atoms with E-state index < -0.39 is 0 Å². The molecule has 0 atom stereocenters.